The van der Waals surface area contributed by atoms with Gasteiger partial charge in [0.2, 0.25) is 11.8 Å². The van der Waals surface area contributed by atoms with Crippen LogP contribution in [0, 0.1) is 18.6 Å². The van der Waals surface area contributed by atoms with Crippen molar-refractivity contribution in [3.63, 3.8) is 0 Å². The number of carbonyl (C=O) groups excluding carboxylic acids is 3. The first kappa shape index (κ1) is 21.5. The molecule has 148 valence electrons. The fourth-order valence-corrected chi connectivity index (χ4v) is 2.81. The minimum absolute atomic E-state index is 0.223. The molecule has 0 unspecified atom stereocenters. The molecule has 0 radical (unpaired) electrons. The maximum absolute atomic E-state index is 13.1. The second-order valence-electron chi connectivity index (χ2n) is 6.10. The second kappa shape index (κ2) is 9.41. The number of halogens is 3. The molecule has 2 N–H and O–H groups in total. The highest BCUT2D eigenvalue weighted by molar-refractivity contribution is 9.10. The summed E-state index contributed by atoms with van der Waals surface area (Å²) in [6, 6.07) is 7.72. The predicted octanol–water partition coefficient (Wildman–Crippen LogP) is 2.86. The van der Waals surface area contributed by atoms with E-state index >= 15 is 0 Å². The van der Waals surface area contributed by atoms with E-state index in [1.165, 1.54) is 7.05 Å². The molecule has 2 aromatic rings. The van der Waals surface area contributed by atoms with Crippen LogP contribution >= 0.6 is 15.9 Å². The van der Waals surface area contributed by atoms with E-state index in [-0.39, 0.29) is 12.1 Å². The molecular formula is C19H18BrF2N3O3. The van der Waals surface area contributed by atoms with Gasteiger partial charge in [-0.15, -0.1) is 0 Å². The smallest absolute Gasteiger partial charge is 0.251 e. The summed E-state index contributed by atoms with van der Waals surface area (Å²) in [5.74, 6) is -3.52. The van der Waals surface area contributed by atoms with Crippen molar-refractivity contribution in [2.75, 3.05) is 25.5 Å². The number of hydrogen-bond donors (Lipinski definition) is 2. The van der Waals surface area contributed by atoms with Crippen molar-refractivity contribution in [1.29, 1.82) is 0 Å². The van der Waals surface area contributed by atoms with Crippen molar-refractivity contribution in [3.05, 3.63) is 63.6 Å². The largest absolute Gasteiger partial charge is 0.343 e. The van der Waals surface area contributed by atoms with Crippen LogP contribution in [-0.4, -0.2) is 42.8 Å². The number of anilines is 1. The van der Waals surface area contributed by atoms with Gasteiger partial charge in [-0.05, 0) is 42.8 Å². The van der Waals surface area contributed by atoms with Gasteiger partial charge in [-0.2, -0.15) is 0 Å². The predicted molar refractivity (Wildman–Crippen MR) is 104 cm³/mol. The number of nitrogens with one attached hydrogen (secondary N) is 2. The van der Waals surface area contributed by atoms with Gasteiger partial charge in [-0.25, -0.2) is 8.78 Å². The van der Waals surface area contributed by atoms with Crippen LogP contribution in [0.25, 0.3) is 0 Å². The fourth-order valence-electron chi connectivity index (χ4n) is 2.34. The first-order chi connectivity index (χ1) is 13.2. The molecule has 0 aliphatic rings. The number of rotatable bonds is 6. The zero-order valence-electron chi connectivity index (χ0n) is 15.2. The highest BCUT2D eigenvalue weighted by Crippen LogP contribution is 2.19. The third-order valence-corrected chi connectivity index (χ3v) is 4.29. The summed E-state index contributed by atoms with van der Waals surface area (Å²) >= 11 is 3.33. The summed E-state index contributed by atoms with van der Waals surface area (Å²) in [5.41, 5.74) is 1.23. The highest BCUT2D eigenvalue weighted by Gasteiger charge is 2.16. The molecule has 9 heteroatoms. The minimum Gasteiger partial charge on any atom is -0.343 e. The van der Waals surface area contributed by atoms with E-state index in [0.717, 1.165) is 27.1 Å². The normalized spacial score (nSPS) is 10.3. The Labute approximate surface area is 169 Å². The molecule has 0 fully saturated rings. The van der Waals surface area contributed by atoms with Crippen LogP contribution in [0.5, 0.6) is 0 Å². The van der Waals surface area contributed by atoms with Crippen molar-refractivity contribution >= 4 is 39.3 Å². The van der Waals surface area contributed by atoms with E-state index in [0.29, 0.717) is 11.8 Å². The van der Waals surface area contributed by atoms with Crippen LogP contribution in [0.15, 0.2) is 40.9 Å². The molecule has 2 rings (SSSR count). The van der Waals surface area contributed by atoms with Gasteiger partial charge >= 0.3 is 0 Å². The minimum atomic E-state index is -0.895. The lowest BCUT2D eigenvalue weighted by Crippen LogP contribution is -2.41. The molecule has 0 bridgehead atoms. The molecule has 6 nitrogen and oxygen atoms in total. The van der Waals surface area contributed by atoms with Crippen LogP contribution in [-0.2, 0) is 9.59 Å². The Hall–Kier alpha value is -2.81. The molecular weight excluding hydrogens is 436 g/mol. The van der Waals surface area contributed by atoms with Gasteiger partial charge in [-0.3, -0.25) is 14.4 Å². The summed E-state index contributed by atoms with van der Waals surface area (Å²) < 4.78 is 27.2. The van der Waals surface area contributed by atoms with Crippen molar-refractivity contribution in [3.8, 4) is 0 Å². The van der Waals surface area contributed by atoms with E-state index in [1.54, 1.807) is 12.1 Å². The third kappa shape index (κ3) is 6.12. The number of hydrogen-bond acceptors (Lipinski definition) is 3. The molecule has 0 heterocycles. The Morgan fingerprint density at radius 1 is 1.07 bits per heavy atom. The van der Waals surface area contributed by atoms with Gasteiger partial charge in [0.05, 0.1) is 13.1 Å². The van der Waals surface area contributed by atoms with Crippen LogP contribution in [0.2, 0.25) is 0 Å². The van der Waals surface area contributed by atoms with Crippen LogP contribution < -0.4 is 10.6 Å². The first-order valence-electron chi connectivity index (χ1n) is 8.20. The van der Waals surface area contributed by atoms with Crippen LogP contribution in [0.1, 0.15) is 15.9 Å². The maximum atomic E-state index is 13.1. The van der Waals surface area contributed by atoms with E-state index in [2.05, 4.69) is 26.6 Å². The summed E-state index contributed by atoms with van der Waals surface area (Å²) in [6.07, 6.45) is 0. The second-order valence-corrected chi connectivity index (χ2v) is 7.01. The maximum Gasteiger partial charge on any atom is 0.251 e. The van der Waals surface area contributed by atoms with Gasteiger partial charge in [-0.1, -0.05) is 15.9 Å². The van der Waals surface area contributed by atoms with Gasteiger partial charge in [0.15, 0.2) is 0 Å². The summed E-state index contributed by atoms with van der Waals surface area (Å²) in [6.45, 7) is 1.19. The Morgan fingerprint density at radius 2 is 1.71 bits per heavy atom. The molecule has 0 aliphatic carbocycles. The Morgan fingerprint density at radius 3 is 2.32 bits per heavy atom. The topological polar surface area (TPSA) is 78.5 Å². The Bertz CT molecular complexity index is 901. The third-order valence-electron chi connectivity index (χ3n) is 3.79. The van der Waals surface area contributed by atoms with Crippen LogP contribution in [0.4, 0.5) is 14.5 Å². The van der Waals surface area contributed by atoms with E-state index < -0.39 is 35.9 Å². The molecule has 2 aromatic carbocycles. The molecule has 0 aliphatic heterocycles. The summed E-state index contributed by atoms with van der Waals surface area (Å²) in [5, 5.41) is 4.97. The number of carbonyl (C=O) groups is 3. The lowest BCUT2D eigenvalue weighted by Gasteiger charge is -2.18. The first-order valence-corrected chi connectivity index (χ1v) is 8.99. The standard InChI is InChI=1S/C19H18BrF2N3O3/c1-11-5-13(20)3-4-16(11)24-17(26)10-25(2)18(27)9-23-19(28)12-6-14(21)8-15(22)7-12/h3-8H,9-10H2,1-2H3,(H,23,28)(H,24,26). The molecule has 0 spiro atoms. The molecule has 0 saturated heterocycles. The lowest BCUT2D eigenvalue weighted by molar-refractivity contribution is -0.132. The molecule has 28 heavy (non-hydrogen) atoms. The van der Waals surface area contributed by atoms with Gasteiger partial charge in [0.1, 0.15) is 11.6 Å². The van der Waals surface area contributed by atoms with E-state index in [4.69, 9.17) is 0 Å². The zero-order valence-corrected chi connectivity index (χ0v) is 16.8. The van der Waals surface area contributed by atoms with Crippen molar-refractivity contribution < 1.29 is 23.2 Å². The SMILES string of the molecule is Cc1cc(Br)ccc1NC(=O)CN(C)C(=O)CNC(=O)c1cc(F)cc(F)c1. The van der Waals surface area contributed by atoms with E-state index in [9.17, 15) is 23.2 Å². The summed E-state index contributed by atoms with van der Waals surface area (Å²) in [7, 11) is 1.41. The molecule has 0 saturated carbocycles. The van der Waals surface area contributed by atoms with Crippen molar-refractivity contribution in [2.24, 2.45) is 0 Å². The van der Waals surface area contributed by atoms with E-state index in [1.807, 2.05) is 13.0 Å². The quantitative estimate of drug-likeness (QED) is 0.705. The van der Waals surface area contributed by atoms with Gasteiger partial charge < -0.3 is 15.5 Å². The van der Waals surface area contributed by atoms with Crippen molar-refractivity contribution in [2.45, 2.75) is 6.92 Å². The Balaban J connectivity index is 1.86. The molecule has 3 amide bonds. The number of amides is 3. The fraction of sp³-hybridized carbons (Fsp3) is 0.211. The van der Waals surface area contributed by atoms with Crippen LogP contribution in [0.3, 0.4) is 0 Å². The average Bonchev–Trinajstić information content (AvgIpc) is 2.60. The Kier molecular flexibility index (Phi) is 7.22. The number of likely N-dealkylation sites (N-methyl/N-ethyl adjacent to an activating group) is 1. The number of aryl methyl sites for hydroxylation is 1. The molecule has 0 aromatic heterocycles. The lowest BCUT2D eigenvalue weighted by atomic mass is 10.2. The van der Waals surface area contributed by atoms with Gasteiger partial charge in [0.25, 0.3) is 5.91 Å². The van der Waals surface area contributed by atoms with Gasteiger partial charge in [0, 0.05) is 28.8 Å². The zero-order chi connectivity index (χ0) is 20.8. The average molecular weight is 454 g/mol. The van der Waals surface area contributed by atoms with Crippen molar-refractivity contribution in [1.82, 2.24) is 10.2 Å². The molecule has 0 atom stereocenters. The monoisotopic (exact) mass is 453 g/mol. The number of nitrogens with zero attached hydrogens (tertiary/aromatic N) is 1. The summed E-state index contributed by atoms with van der Waals surface area (Å²) in [4.78, 5) is 37.2. The number of benzene rings is 2. The highest BCUT2D eigenvalue weighted by atomic mass is 79.9.